The number of amides is 1. The van der Waals surface area contributed by atoms with E-state index in [1.807, 2.05) is 0 Å². The van der Waals surface area contributed by atoms with Gasteiger partial charge in [0.05, 0.1) is 0 Å². The van der Waals surface area contributed by atoms with E-state index in [1.165, 1.54) is 0 Å². The lowest BCUT2D eigenvalue weighted by molar-refractivity contribution is -0.121. The van der Waals surface area contributed by atoms with Crippen LogP contribution in [0.25, 0.3) is 0 Å². The first-order chi connectivity index (χ1) is 6.81. The third kappa shape index (κ3) is 9.48. The molecule has 4 nitrogen and oxygen atoms in total. The molecular weight excluding hydrogens is 180 g/mol. The maximum atomic E-state index is 11.2. The summed E-state index contributed by atoms with van der Waals surface area (Å²) in [5.41, 5.74) is 0. The van der Waals surface area contributed by atoms with Gasteiger partial charge in [0, 0.05) is 26.7 Å². The van der Waals surface area contributed by atoms with E-state index < -0.39 is 0 Å². The summed E-state index contributed by atoms with van der Waals surface area (Å²) >= 11 is 0. The first-order valence-electron chi connectivity index (χ1n) is 5.27. The number of nitrogens with one attached hydrogen (secondary N) is 2. The number of carbonyl (C=O) groups excluding carboxylic acids is 1. The van der Waals surface area contributed by atoms with Gasteiger partial charge in [-0.25, -0.2) is 0 Å². The predicted molar refractivity (Wildman–Crippen MR) is 57.3 cm³/mol. The second-order valence-corrected chi connectivity index (χ2v) is 3.15. The molecule has 14 heavy (non-hydrogen) atoms. The Morgan fingerprint density at radius 3 is 2.71 bits per heavy atom. The van der Waals surface area contributed by atoms with Crippen LogP contribution in [0.15, 0.2) is 0 Å². The highest BCUT2D eigenvalue weighted by Gasteiger charge is 1.98. The first-order valence-corrected chi connectivity index (χ1v) is 5.27. The molecule has 0 aromatic carbocycles. The van der Waals surface area contributed by atoms with Crippen LogP contribution in [0, 0.1) is 0 Å². The van der Waals surface area contributed by atoms with Gasteiger partial charge in [-0.1, -0.05) is 6.92 Å². The van der Waals surface area contributed by atoms with Gasteiger partial charge in [0.1, 0.15) is 0 Å². The van der Waals surface area contributed by atoms with Gasteiger partial charge in [-0.05, 0) is 25.9 Å². The molecule has 0 radical (unpaired) electrons. The van der Waals surface area contributed by atoms with E-state index in [0.717, 1.165) is 32.5 Å². The highest BCUT2D eigenvalue weighted by Crippen LogP contribution is 1.88. The zero-order valence-corrected chi connectivity index (χ0v) is 9.27. The predicted octanol–water partition coefficient (Wildman–Crippen LogP) is 0.529. The molecule has 0 aliphatic heterocycles. The Morgan fingerprint density at radius 1 is 1.29 bits per heavy atom. The molecule has 0 unspecified atom stereocenters. The second kappa shape index (κ2) is 10.5. The van der Waals surface area contributed by atoms with Crippen molar-refractivity contribution < 1.29 is 9.53 Å². The van der Waals surface area contributed by atoms with Crippen LogP contribution in [0.1, 0.15) is 26.2 Å². The largest absolute Gasteiger partial charge is 0.385 e. The molecule has 1 amide bonds. The van der Waals surface area contributed by atoms with Crippen molar-refractivity contribution in [3.8, 4) is 0 Å². The van der Waals surface area contributed by atoms with Crippen LogP contribution in [-0.2, 0) is 9.53 Å². The van der Waals surface area contributed by atoms with E-state index in [9.17, 15) is 4.79 Å². The third-order valence-electron chi connectivity index (χ3n) is 1.85. The molecule has 0 saturated heterocycles. The van der Waals surface area contributed by atoms with E-state index >= 15 is 0 Å². The molecule has 0 heterocycles. The molecule has 0 aromatic heterocycles. The Kier molecular flexibility index (Phi) is 10.0. The SMILES string of the molecule is CCNCCCNC(=O)CCCOC. The van der Waals surface area contributed by atoms with Crippen molar-refractivity contribution in [2.24, 2.45) is 0 Å². The fourth-order valence-corrected chi connectivity index (χ4v) is 1.08. The number of rotatable bonds is 9. The summed E-state index contributed by atoms with van der Waals surface area (Å²) in [6, 6.07) is 0. The van der Waals surface area contributed by atoms with Crippen molar-refractivity contribution in [1.29, 1.82) is 0 Å². The Hall–Kier alpha value is -0.610. The molecule has 0 bridgehead atoms. The second-order valence-electron chi connectivity index (χ2n) is 3.15. The lowest BCUT2D eigenvalue weighted by Crippen LogP contribution is -2.27. The van der Waals surface area contributed by atoms with E-state index in [-0.39, 0.29) is 5.91 Å². The molecule has 0 saturated carbocycles. The van der Waals surface area contributed by atoms with E-state index in [0.29, 0.717) is 13.0 Å². The van der Waals surface area contributed by atoms with Crippen molar-refractivity contribution in [3.63, 3.8) is 0 Å². The third-order valence-corrected chi connectivity index (χ3v) is 1.85. The van der Waals surface area contributed by atoms with Gasteiger partial charge in [0.2, 0.25) is 5.91 Å². The number of methoxy groups -OCH3 is 1. The minimum Gasteiger partial charge on any atom is -0.385 e. The van der Waals surface area contributed by atoms with Gasteiger partial charge >= 0.3 is 0 Å². The summed E-state index contributed by atoms with van der Waals surface area (Å²) in [4.78, 5) is 11.2. The van der Waals surface area contributed by atoms with Crippen LogP contribution in [-0.4, -0.2) is 39.3 Å². The van der Waals surface area contributed by atoms with Crippen molar-refractivity contribution in [2.45, 2.75) is 26.2 Å². The highest BCUT2D eigenvalue weighted by atomic mass is 16.5. The maximum absolute atomic E-state index is 11.2. The summed E-state index contributed by atoms with van der Waals surface area (Å²) < 4.78 is 4.86. The summed E-state index contributed by atoms with van der Waals surface area (Å²) in [6.45, 7) is 5.45. The number of hydrogen-bond donors (Lipinski definition) is 2. The average Bonchev–Trinajstić information content (AvgIpc) is 2.18. The summed E-state index contributed by atoms with van der Waals surface area (Å²) in [5.74, 6) is 0.124. The van der Waals surface area contributed by atoms with Gasteiger partial charge in [0.15, 0.2) is 0 Å². The molecule has 0 atom stereocenters. The molecule has 0 aliphatic rings. The quantitative estimate of drug-likeness (QED) is 0.536. The van der Waals surface area contributed by atoms with Crippen molar-refractivity contribution in [1.82, 2.24) is 10.6 Å². The normalized spacial score (nSPS) is 10.1. The number of hydrogen-bond acceptors (Lipinski definition) is 3. The number of carbonyl (C=O) groups is 1. The van der Waals surface area contributed by atoms with Crippen LogP contribution in [0.3, 0.4) is 0 Å². The monoisotopic (exact) mass is 202 g/mol. The van der Waals surface area contributed by atoms with Crippen LogP contribution in [0.5, 0.6) is 0 Å². The van der Waals surface area contributed by atoms with Gasteiger partial charge < -0.3 is 15.4 Å². The fourth-order valence-electron chi connectivity index (χ4n) is 1.08. The molecule has 0 rings (SSSR count). The zero-order valence-electron chi connectivity index (χ0n) is 9.27. The Labute approximate surface area is 86.4 Å². The van der Waals surface area contributed by atoms with Crippen molar-refractivity contribution in [2.75, 3.05) is 33.4 Å². The van der Waals surface area contributed by atoms with E-state index in [4.69, 9.17) is 4.74 Å². The van der Waals surface area contributed by atoms with Gasteiger partial charge in [-0.15, -0.1) is 0 Å². The van der Waals surface area contributed by atoms with E-state index in [1.54, 1.807) is 7.11 Å². The highest BCUT2D eigenvalue weighted by molar-refractivity contribution is 5.75. The minimum atomic E-state index is 0.124. The van der Waals surface area contributed by atoms with E-state index in [2.05, 4.69) is 17.6 Å². The van der Waals surface area contributed by atoms with Crippen LogP contribution in [0.4, 0.5) is 0 Å². The van der Waals surface area contributed by atoms with Gasteiger partial charge in [-0.3, -0.25) is 4.79 Å². The molecule has 0 aromatic rings. The first kappa shape index (κ1) is 13.4. The molecule has 0 aliphatic carbocycles. The number of ether oxygens (including phenoxy) is 1. The lowest BCUT2D eigenvalue weighted by atomic mass is 10.3. The lowest BCUT2D eigenvalue weighted by Gasteiger charge is -2.05. The van der Waals surface area contributed by atoms with Crippen molar-refractivity contribution in [3.05, 3.63) is 0 Å². The standard InChI is InChI=1S/C10H22N2O2/c1-3-11-7-5-8-12-10(13)6-4-9-14-2/h11H,3-9H2,1-2H3,(H,12,13). The molecule has 4 heteroatoms. The molecular formula is C10H22N2O2. The summed E-state index contributed by atoms with van der Waals surface area (Å²) in [7, 11) is 1.65. The average molecular weight is 202 g/mol. The summed E-state index contributed by atoms with van der Waals surface area (Å²) in [6.07, 6.45) is 2.36. The van der Waals surface area contributed by atoms with Crippen LogP contribution < -0.4 is 10.6 Å². The van der Waals surface area contributed by atoms with Crippen molar-refractivity contribution >= 4 is 5.91 Å². The molecule has 84 valence electrons. The minimum absolute atomic E-state index is 0.124. The smallest absolute Gasteiger partial charge is 0.220 e. The Bertz CT molecular complexity index is 140. The summed E-state index contributed by atoms with van der Waals surface area (Å²) in [5, 5.41) is 6.07. The fraction of sp³-hybridized carbons (Fsp3) is 0.900. The Morgan fingerprint density at radius 2 is 2.07 bits per heavy atom. The van der Waals surface area contributed by atoms with Gasteiger partial charge in [-0.2, -0.15) is 0 Å². The van der Waals surface area contributed by atoms with Gasteiger partial charge in [0.25, 0.3) is 0 Å². The molecule has 0 spiro atoms. The topological polar surface area (TPSA) is 50.4 Å². The van der Waals surface area contributed by atoms with Crippen LogP contribution in [0.2, 0.25) is 0 Å². The Balaban J connectivity index is 3.10. The zero-order chi connectivity index (χ0) is 10.6. The van der Waals surface area contributed by atoms with Crippen LogP contribution >= 0.6 is 0 Å². The maximum Gasteiger partial charge on any atom is 0.220 e. The molecule has 2 N–H and O–H groups in total. The molecule has 0 fully saturated rings.